The summed E-state index contributed by atoms with van der Waals surface area (Å²) in [5.74, 6) is -1.18. The summed E-state index contributed by atoms with van der Waals surface area (Å²) in [6.45, 7) is 0. The lowest BCUT2D eigenvalue weighted by atomic mass is 10.0. The first-order valence-corrected chi connectivity index (χ1v) is 3.74. The SMILES string of the molecule is O=C([O-])C1=NO[C@H]2CCC[C@H]12. The molecule has 1 aliphatic carbocycles. The van der Waals surface area contributed by atoms with Crippen LogP contribution in [0.4, 0.5) is 0 Å². The zero-order valence-electron chi connectivity index (χ0n) is 5.95. The normalized spacial score (nSPS) is 34.4. The minimum Gasteiger partial charge on any atom is -0.543 e. The molecule has 0 bridgehead atoms. The van der Waals surface area contributed by atoms with Crippen LogP contribution in [0.5, 0.6) is 0 Å². The molecule has 1 aliphatic heterocycles. The van der Waals surface area contributed by atoms with E-state index in [-0.39, 0.29) is 17.7 Å². The highest BCUT2D eigenvalue weighted by Gasteiger charge is 2.38. The van der Waals surface area contributed by atoms with Crippen molar-refractivity contribution in [3.8, 4) is 0 Å². The van der Waals surface area contributed by atoms with Crippen LogP contribution in [0.15, 0.2) is 5.16 Å². The number of hydrogen-bond acceptors (Lipinski definition) is 4. The molecule has 1 heterocycles. The Balaban J connectivity index is 2.18. The van der Waals surface area contributed by atoms with Gasteiger partial charge in [-0.05, 0) is 19.3 Å². The van der Waals surface area contributed by atoms with Crippen LogP contribution in [0.1, 0.15) is 19.3 Å². The highest BCUT2D eigenvalue weighted by atomic mass is 16.6. The number of hydrogen-bond donors (Lipinski definition) is 0. The maximum absolute atomic E-state index is 10.4. The molecule has 0 saturated heterocycles. The van der Waals surface area contributed by atoms with E-state index in [4.69, 9.17) is 4.84 Å². The Morgan fingerprint density at radius 2 is 2.45 bits per heavy atom. The van der Waals surface area contributed by atoms with E-state index >= 15 is 0 Å². The molecule has 1 saturated carbocycles. The van der Waals surface area contributed by atoms with Crippen LogP contribution in [0.2, 0.25) is 0 Å². The fourth-order valence-corrected chi connectivity index (χ4v) is 1.75. The summed E-state index contributed by atoms with van der Waals surface area (Å²) in [7, 11) is 0. The number of nitrogens with zero attached hydrogens (tertiary/aromatic N) is 1. The second-order valence-electron chi connectivity index (χ2n) is 2.95. The second-order valence-corrected chi connectivity index (χ2v) is 2.95. The number of fused-ring (bicyclic) bond motifs is 1. The molecule has 4 heteroatoms. The monoisotopic (exact) mass is 154 g/mol. The zero-order valence-corrected chi connectivity index (χ0v) is 5.95. The van der Waals surface area contributed by atoms with Crippen LogP contribution in [-0.4, -0.2) is 17.8 Å². The summed E-state index contributed by atoms with van der Waals surface area (Å²) < 4.78 is 0. The van der Waals surface area contributed by atoms with Crippen LogP contribution < -0.4 is 5.11 Å². The highest BCUT2D eigenvalue weighted by Crippen LogP contribution is 2.33. The Bertz CT molecular complexity index is 224. The van der Waals surface area contributed by atoms with Crippen LogP contribution in [0, 0.1) is 5.92 Å². The fraction of sp³-hybridized carbons (Fsp3) is 0.714. The molecule has 60 valence electrons. The van der Waals surface area contributed by atoms with Gasteiger partial charge in [-0.25, -0.2) is 0 Å². The van der Waals surface area contributed by atoms with Gasteiger partial charge in [0.15, 0.2) is 0 Å². The Hall–Kier alpha value is -1.06. The van der Waals surface area contributed by atoms with Crippen molar-refractivity contribution in [3.05, 3.63) is 0 Å². The van der Waals surface area contributed by atoms with Crippen molar-refractivity contribution in [1.29, 1.82) is 0 Å². The van der Waals surface area contributed by atoms with Gasteiger partial charge in [0.25, 0.3) is 0 Å². The Morgan fingerprint density at radius 1 is 1.64 bits per heavy atom. The third-order valence-electron chi connectivity index (χ3n) is 2.30. The third-order valence-corrected chi connectivity index (χ3v) is 2.30. The van der Waals surface area contributed by atoms with Gasteiger partial charge >= 0.3 is 0 Å². The minimum atomic E-state index is -1.18. The first-order valence-electron chi connectivity index (χ1n) is 3.74. The Labute approximate surface area is 63.8 Å². The summed E-state index contributed by atoms with van der Waals surface area (Å²) in [6, 6.07) is 0. The van der Waals surface area contributed by atoms with E-state index < -0.39 is 5.97 Å². The molecule has 0 aromatic rings. The summed E-state index contributed by atoms with van der Waals surface area (Å²) in [5, 5.41) is 13.9. The summed E-state index contributed by atoms with van der Waals surface area (Å²) in [5.41, 5.74) is 0.104. The minimum absolute atomic E-state index is 0.000000000000000444. The van der Waals surface area contributed by atoms with Crippen molar-refractivity contribution in [1.82, 2.24) is 0 Å². The summed E-state index contributed by atoms with van der Waals surface area (Å²) in [6.07, 6.45) is 2.84. The van der Waals surface area contributed by atoms with E-state index in [2.05, 4.69) is 5.16 Å². The van der Waals surface area contributed by atoms with Gasteiger partial charge in [-0.1, -0.05) is 5.16 Å². The number of aliphatic carboxylic acids is 1. The molecular weight excluding hydrogens is 146 g/mol. The summed E-state index contributed by atoms with van der Waals surface area (Å²) in [4.78, 5) is 15.3. The van der Waals surface area contributed by atoms with Crippen LogP contribution in [0.25, 0.3) is 0 Å². The quantitative estimate of drug-likeness (QED) is 0.501. The first kappa shape index (κ1) is 6.64. The average molecular weight is 154 g/mol. The lowest BCUT2D eigenvalue weighted by molar-refractivity contribution is -0.294. The van der Waals surface area contributed by atoms with Crippen molar-refractivity contribution >= 4 is 11.7 Å². The molecule has 0 amide bonds. The molecule has 0 radical (unpaired) electrons. The Kier molecular flexibility index (Phi) is 1.34. The lowest BCUT2D eigenvalue weighted by Gasteiger charge is -2.08. The van der Waals surface area contributed by atoms with Crippen molar-refractivity contribution in [2.45, 2.75) is 25.4 Å². The molecule has 2 rings (SSSR count). The van der Waals surface area contributed by atoms with Crippen LogP contribution in [-0.2, 0) is 9.63 Å². The summed E-state index contributed by atoms with van der Waals surface area (Å²) >= 11 is 0. The van der Waals surface area contributed by atoms with Gasteiger partial charge in [-0.15, -0.1) is 0 Å². The van der Waals surface area contributed by atoms with Gasteiger partial charge in [0.1, 0.15) is 11.8 Å². The van der Waals surface area contributed by atoms with Gasteiger partial charge < -0.3 is 14.7 Å². The maximum Gasteiger partial charge on any atom is 0.136 e. The lowest BCUT2D eigenvalue weighted by Crippen LogP contribution is -2.36. The topological polar surface area (TPSA) is 61.7 Å². The van der Waals surface area contributed by atoms with E-state index in [1.165, 1.54) is 0 Å². The van der Waals surface area contributed by atoms with Gasteiger partial charge in [0.2, 0.25) is 0 Å². The van der Waals surface area contributed by atoms with Crippen LogP contribution >= 0.6 is 0 Å². The molecule has 0 N–H and O–H groups in total. The Morgan fingerprint density at radius 3 is 3.18 bits per heavy atom. The molecule has 2 aliphatic rings. The van der Waals surface area contributed by atoms with Gasteiger partial charge in [-0.2, -0.15) is 0 Å². The molecule has 2 atom stereocenters. The average Bonchev–Trinajstić information content (AvgIpc) is 2.41. The number of rotatable bonds is 1. The van der Waals surface area contributed by atoms with Crippen molar-refractivity contribution in [3.63, 3.8) is 0 Å². The number of carboxylic acids is 1. The molecule has 0 aromatic heterocycles. The number of carbonyl (C=O) groups is 1. The smallest absolute Gasteiger partial charge is 0.136 e. The molecule has 4 nitrogen and oxygen atoms in total. The molecule has 0 spiro atoms. The molecular formula is C7H8NO3-. The highest BCUT2D eigenvalue weighted by molar-refractivity contribution is 6.35. The van der Waals surface area contributed by atoms with Crippen molar-refractivity contribution in [2.75, 3.05) is 0 Å². The van der Waals surface area contributed by atoms with Crippen molar-refractivity contribution < 1.29 is 14.7 Å². The van der Waals surface area contributed by atoms with E-state index in [0.717, 1.165) is 19.3 Å². The van der Waals surface area contributed by atoms with E-state index in [9.17, 15) is 9.90 Å². The number of carboxylic acid groups (broad SMARTS) is 1. The zero-order chi connectivity index (χ0) is 7.84. The second kappa shape index (κ2) is 2.22. The first-order chi connectivity index (χ1) is 5.29. The van der Waals surface area contributed by atoms with E-state index in [1.807, 2.05) is 0 Å². The van der Waals surface area contributed by atoms with Gasteiger partial charge in [-0.3, -0.25) is 0 Å². The van der Waals surface area contributed by atoms with Gasteiger partial charge in [0.05, 0.1) is 5.97 Å². The van der Waals surface area contributed by atoms with Crippen LogP contribution in [0.3, 0.4) is 0 Å². The third kappa shape index (κ3) is 0.895. The van der Waals surface area contributed by atoms with Gasteiger partial charge in [0, 0.05) is 5.92 Å². The number of oxime groups is 1. The predicted octanol–water partition coefficient (Wildman–Crippen LogP) is -0.709. The molecule has 11 heavy (non-hydrogen) atoms. The standard InChI is InChI=1S/C7H9NO3/c9-7(10)6-4-2-1-3-5(4)11-8-6/h4-5H,1-3H2,(H,9,10)/p-1/t4-,5-/m0/s1. The molecule has 1 fully saturated rings. The molecule has 0 unspecified atom stereocenters. The fourth-order valence-electron chi connectivity index (χ4n) is 1.75. The predicted molar refractivity (Wildman–Crippen MR) is 34.7 cm³/mol. The van der Waals surface area contributed by atoms with Crippen molar-refractivity contribution in [2.24, 2.45) is 11.1 Å². The van der Waals surface area contributed by atoms with E-state index in [0.29, 0.717) is 0 Å². The molecule has 0 aromatic carbocycles. The van der Waals surface area contributed by atoms with E-state index in [1.54, 1.807) is 0 Å². The maximum atomic E-state index is 10.4. The largest absolute Gasteiger partial charge is 0.543 e. The number of carbonyl (C=O) groups excluding carboxylic acids is 1.